The van der Waals surface area contributed by atoms with Crippen LogP contribution in [-0.2, 0) is 9.59 Å². The molecule has 0 radical (unpaired) electrons. The van der Waals surface area contributed by atoms with Gasteiger partial charge in [-0.3, -0.25) is 9.59 Å². The minimum absolute atomic E-state index is 0.155. The molecule has 6 heteroatoms. The molecule has 2 amide bonds. The van der Waals surface area contributed by atoms with E-state index in [2.05, 4.69) is 106 Å². The molecule has 318 valence electrons. The zero-order valence-electron chi connectivity index (χ0n) is 36.3. The van der Waals surface area contributed by atoms with E-state index in [0.29, 0.717) is 48.3 Å². The third-order valence-electron chi connectivity index (χ3n) is 15.6. The van der Waals surface area contributed by atoms with Crippen molar-refractivity contribution in [2.45, 2.75) is 174 Å². The summed E-state index contributed by atoms with van der Waals surface area (Å²) in [5.41, 5.74) is 0.492. The highest BCUT2D eigenvalue weighted by Crippen LogP contribution is 2.68. The predicted octanol–water partition coefficient (Wildman–Crippen LogP) is 11.0. The van der Waals surface area contributed by atoms with Crippen molar-refractivity contribution in [1.29, 1.82) is 0 Å². The summed E-state index contributed by atoms with van der Waals surface area (Å²) in [7, 11) is 0. The Morgan fingerprint density at radius 3 is 1.88 bits per heavy atom. The number of carbonyl (C=O) groups excluding carboxylic acids is 2. The second kappa shape index (κ2) is 22.6. The number of aliphatic hydroxyl groups excluding tert-OH is 2. The molecule has 10 atom stereocenters. The molecular formula is C51H80N2O4. The first-order chi connectivity index (χ1) is 27.6. The Morgan fingerprint density at radius 1 is 0.702 bits per heavy atom. The van der Waals surface area contributed by atoms with Crippen LogP contribution in [0.4, 0.5) is 0 Å². The number of fused-ring (bicyclic) bond motifs is 5. The number of nitrogens with one attached hydrogen (secondary N) is 1. The molecule has 0 aromatic carbocycles. The number of allylic oxidation sites excluding steroid dienone is 12. The van der Waals surface area contributed by atoms with Crippen LogP contribution in [0.5, 0.6) is 0 Å². The minimum atomic E-state index is -0.243. The van der Waals surface area contributed by atoms with Crippen LogP contribution >= 0.6 is 0 Å². The lowest BCUT2D eigenvalue weighted by Crippen LogP contribution is -2.58. The molecule has 6 nitrogen and oxygen atoms in total. The van der Waals surface area contributed by atoms with Crippen LogP contribution in [0.2, 0.25) is 0 Å². The van der Waals surface area contributed by atoms with E-state index in [1.165, 1.54) is 25.7 Å². The molecule has 5 aliphatic rings. The number of amides is 2. The van der Waals surface area contributed by atoms with E-state index < -0.39 is 0 Å². The summed E-state index contributed by atoms with van der Waals surface area (Å²) in [6.45, 7) is 11.0. The monoisotopic (exact) mass is 785 g/mol. The fourth-order valence-electron chi connectivity index (χ4n) is 12.3. The van der Waals surface area contributed by atoms with Crippen LogP contribution in [0.25, 0.3) is 0 Å². The molecule has 0 bridgehead atoms. The van der Waals surface area contributed by atoms with Crippen molar-refractivity contribution in [3.8, 4) is 0 Å². The topological polar surface area (TPSA) is 89.9 Å². The summed E-state index contributed by atoms with van der Waals surface area (Å²) in [5.74, 6) is 3.43. The Morgan fingerprint density at radius 2 is 1.26 bits per heavy atom. The van der Waals surface area contributed by atoms with Gasteiger partial charge in [0.1, 0.15) is 0 Å². The van der Waals surface area contributed by atoms with E-state index >= 15 is 0 Å². The number of likely N-dealkylation sites (tertiary alicyclic amines) is 1. The summed E-state index contributed by atoms with van der Waals surface area (Å²) in [6.07, 6.45) is 44.9. The summed E-state index contributed by atoms with van der Waals surface area (Å²) < 4.78 is 0. The Kier molecular flexibility index (Phi) is 18.0. The van der Waals surface area contributed by atoms with E-state index in [9.17, 15) is 19.8 Å². The van der Waals surface area contributed by atoms with Crippen molar-refractivity contribution >= 4 is 11.8 Å². The number of hydrogen-bond donors (Lipinski definition) is 3. The molecule has 4 saturated carbocycles. The van der Waals surface area contributed by atoms with Crippen LogP contribution in [-0.4, -0.2) is 58.3 Å². The molecule has 1 aliphatic heterocycles. The van der Waals surface area contributed by atoms with Crippen molar-refractivity contribution in [3.63, 3.8) is 0 Å². The number of piperidine rings is 1. The average Bonchev–Trinajstić information content (AvgIpc) is 3.56. The highest BCUT2D eigenvalue weighted by molar-refractivity contribution is 5.77. The van der Waals surface area contributed by atoms with Gasteiger partial charge in [-0.2, -0.15) is 0 Å². The molecule has 0 spiro atoms. The maximum absolute atomic E-state index is 13.2. The fraction of sp³-hybridized carbons (Fsp3) is 0.725. The summed E-state index contributed by atoms with van der Waals surface area (Å²) in [5, 5.41) is 25.3. The van der Waals surface area contributed by atoms with E-state index in [4.69, 9.17) is 0 Å². The maximum atomic E-state index is 13.2. The molecule has 1 heterocycles. The van der Waals surface area contributed by atoms with E-state index in [0.717, 1.165) is 103 Å². The number of hydrogen-bond acceptors (Lipinski definition) is 4. The second-order valence-corrected chi connectivity index (χ2v) is 19.1. The van der Waals surface area contributed by atoms with Crippen LogP contribution in [0.3, 0.4) is 0 Å². The van der Waals surface area contributed by atoms with Gasteiger partial charge in [0.25, 0.3) is 0 Å². The lowest BCUT2D eigenvalue weighted by atomic mass is 9.43. The summed E-state index contributed by atoms with van der Waals surface area (Å²) >= 11 is 0. The standard InChI is InChI=1S/C51H80N2O4/c1-5-6-7-8-9-10-11-12-13-14-15-16-17-18-19-20-21-22-23-24-48(57)53-35-31-41(32-36-53)52-47(56)28-25-39(2)43-26-27-44-49-45(30-34-51(43,44)4)50(3)33-29-42(54)37-40(50)38-46(49)55/h6-7,9-10,12-13,15-16,18-19,21-22,39-46,49,54-55H,5,8,11,14,17,20,23-38H2,1-4H3,(H,52,56)/b7-6-,10-9-,13-12-,16-15-,19-18-,22-21-/t39-,40+,42-,43?,44+,45+,46-,49+,50+,51-/m1/s1. The third kappa shape index (κ3) is 12.4. The zero-order chi connectivity index (χ0) is 40.7. The van der Waals surface area contributed by atoms with Gasteiger partial charge in [0.15, 0.2) is 0 Å². The van der Waals surface area contributed by atoms with Gasteiger partial charge in [0.05, 0.1) is 12.2 Å². The van der Waals surface area contributed by atoms with Crippen molar-refractivity contribution in [1.82, 2.24) is 10.2 Å². The summed E-state index contributed by atoms with van der Waals surface area (Å²) in [6, 6.07) is 0.155. The first-order valence-corrected chi connectivity index (χ1v) is 23.4. The molecular weight excluding hydrogens is 705 g/mol. The molecule has 0 aromatic rings. The third-order valence-corrected chi connectivity index (χ3v) is 15.6. The second-order valence-electron chi connectivity index (χ2n) is 19.1. The zero-order valence-corrected chi connectivity index (χ0v) is 36.3. The van der Waals surface area contributed by atoms with Crippen molar-refractivity contribution in [2.75, 3.05) is 13.1 Å². The highest BCUT2D eigenvalue weighted by Gasteiger charge is 2.62. The first-order valence-electron chi connectivity index (χ1n) is 23.4. The quantitative estimate of drug-likeness (QED) is 0.114. The Hall–Kier alpha value is -2.70. The van der Waals surface area contributed by atoms with Gasteiger partial charge < -0.3 is 20.4 Å². The van der Waals surface area contributed by atoms with Crippen LogP contribution < -0.4 is 5.32 Å². The number of aliphatic hydroxyl groups is 2. The van der Waals surface area contributed by atoms with Crippen LogP contribution in [0.1, 0.15) is 156 Å². The van der Waals surface area contributed by atoms with Gasteiger partial charge >= 0.3 is 0 Å². The van der Waals surface area contributed by atoms with Gasteiger partial charge in [0, 0.05) is 32.0 Å². The lowest BCUT2D eigenvalue weighted by Gasteiger charge is -2.62. The molecule has 57 heavy (non-hydrogen) atoms. The molecule has 1 unspecified atom stereocenters. The average molecular weight is 785 g/mol. The largest absolute Gasteiger partial charge is 0.393 e. The van der Waals surface area contributed by atoms with E-state index in [-0.39, 0.29) is 40.9 Å². The smallest absolute Gasteiger partial charge is 0.222 e. The Balaban J connectivity index is 0.915. The number of carbonyl (C=O) groups is 2. The van der Waals surface area contributed by atoms with Gasteiger partial charge in [0.2, 0.25) is 11.8 Å². The molecule has 5 rings (SSSR count). The maximum Gasteiger partial charge on any atom is 0.222 e. The fourth-order valence-corrected chi connectivity index (χ4v) is 12.3. The normalized spacial score (nSPS) is 34.2. The lowest BCUT2D eigenvalue weighted by molar-refractivity contribution is -0.174. The SMILES string of the molecule is CC/C=C\C/C=C\C/C=C\C/C=C\C/C=C\C/C=C\CCC(=O)N1CCC(NC(=O)CC[C@@H](C)C2CC[C@H]3[C@@H]4[C@H](O)C[C@@H]5C[C@H](O)CC[C@]5(C)[C@H]4CC[C@]23C)CC1. The number of rotatable bonds is 19. The van der Waals surface area contributed by atoms with Gasteiger partial charge in [-0.15, -0.1) is 0 Å². The van der Waals surface area contributed by atoms with Gasteiger partial charge in [-0.25, -0.2) is 0 Å². The van der Waals surface area contributed by atoms with E-state index in [1.54, 1.807) is 0 Å². The summed E-state index contributed by atoms with van der Waals surface area (Å²) in [4.78, 5) is 28.0. The Bertz CT molecular complexity index is 1440. The van der Waals surface area contributed by atoms with Crippen molar-refractivity contribution < 1.29 is 19.8 Å². The minimum Gasteiger partial charge on any atom is -0.393 e. The van der Waals surface area contributed by atoms with Crippen molar-refractivity contribution in [3.05, 3.63) is 72.9 Å². The molecule has 4 aliphatic carbocycles. The highest BCUT2D eigenvalue weighted by atomic mass is 16.3. The molecule has 1 saturated heterocycles. The number of nitrogens with zero attached hydrogens (tertiary/aromatic N) is 1. The Labute approximate surface area is 347 Å². The molecule has 3 N–H and O–H groups in total. The van der Waals surface area contributed by atoms with Crippen LogP contribution in [0.15, 0.2) is 72.9 Å². The predicted molar refractivity (Wildman–Crippen MR) is 236 cm³/mol. The van der Waals surface area contributed by atoms with Crippen molar-refractivity contribution in [2.24, 2.45) is 46.3 Å². The first kappa shape index (κ1) is 45.4. The molecule has 5 fully saturated rings. The van der Waals surface area contributed by atoms with E-state index in [1.807, 2.05) is 4.90 Å². The van der Waals surface area contributed by atoms with Gasteiger partial charge in [-0.05, 0) is 162 Å². The van der Waals surface area contributed by atoms with Crippen LogP contribution in [0, 0.1) is 46.3 Å². The van der Waals surface area contributed by atoms with Gasteiger partial charge in [-0.1, -0.05) is 101 Å². The molecule has 0 aromatic heterocycles.